The van der Waals surface area contributed by atoms with E-state index < -0.39 is 17.3 Å². The summed E-state index contributed by atoms with van der Waals surface area (Å²) in [7, 11) is 0. The molecule has 0 spiro atoms. The lowest BCUT2D eigenvalue weighted by Gasteiger charge is -2.45. The Morgan fingerprint density at radius 3 is 2.31 bits per heavy atom. The van der Waals surface area contributed by atoms with Crippen LogP contribution in [0.25, 0.3) is 0 Å². The zero-order valence-corrected chi connectivity index (χ0v) is 14.9. The Morgan fingerprint density at radius 2 is 1.77 bits per heavy atom. The van der Waals surface area contributed by atoms with Crippen LogP contribution in [0.1, 0.15) is 26.5 Å². The largest absolute Gasteiger partial charge is 0.456 e. The quantitative estimate of drug-likeness (QED) is 0.908. The number of ether oxygens (including phenoxy) is 2. The first-order valence-electron chi connectivity index (χ1n) is 8.25. The molecule has 1 aliphatic rings. The van der Waals surface area contributed by atoms with Gasteiger partial charge in [0.2, 0.25) is 0 Å². The van der Waals surface area contributed by atoms with Crippen molar-refractivity contribution < 1.29 is 23.8 Å². The van der Waals surface area contributed by atoms with E-state index in [-0.39, 0.29) is 18.9 Å². The van der Waals surface area contributed by atoms with Crippen molar-refractivity contribution in [2.24, 2.45) is 0 Å². The number of hydrogen-bond acceptors (Lipinski definition) is 5. The van der Waals surface area contributed by atoms with Gasteiger partial charge in [0.25, 0.3) is 0 Å². The first kappa shape index (κ1) is 18.1. The SMILES string of the molecule is CC(C)(C)OC(=O)N1CC(O)(c2ccc(Oc3ccc(F)cc3)cn2)C1. The van der Waals surface area contributed by atoms with E-state index >= 15 is 0 Å². The number of likely N-dealkylation sites (tertiary alicyclic amines) is 1. The van der Waals surface area contributed by atoms with E-state index in [1.807, 2.05) is 0 Å². The number of benzene rings is 1. The Morgan fingerprint density at radius 1 is 1.15 bits per heavy atom. The van der Waals surface area contributed by atoms with Crippen molar-refractivity contribution in [3.05, 3.63) is 54.1 Å². The minimum atomic E-state index is -1.20. The number of nitrogens with zero attached hydrogens (tertiary/aromatic N) is 2. The topological polar surface area (TPSA) is 71.9 Å². The Kier molecular flexibility index (Phi) is 4.58. The highest BCUT2D eigenvalue weighted by molar-refractivity contribution is 5.69. The second-order valence-corrected chi connectivity index (χ2v) is 7.30. The molecule has 1 aliphatic heterocycles. The van der Waals surface area contributed by atoms with Gasteiger partial charge in [0.15, 0.2) is 0 Å². The zero-order valence-electron chi connectivity index (χ0n) is 14.9. The fraction of sp³-hybridized carbons (Fsp3) is 0.368. The average molecular weight is 360 g/mol. The van der Waals surface area contributed by atoms with Gasteiger partial charge in [-0.15, -0.1) is 0 Å². The van der Waals surface area contributed by atoms with E-state index in [0.717, 1.165) is 0 Å². The van der Waals surface area contributed by atoms with Gasteiger partial charge in [-0.25, -0.2) is 9.18 Å². The van der Waals surface area contributed by atoms with Crippen LogP contribution in [0.2, 0.25) is 0 Å². The van der Waals surface area contributed by atoms with Crippen LogP contribution >= 0.6 is 0 Å². The molecule has 2 aromatic rings. The number of carbonyl (C=O) groups is 1. The molecule has 0 saturated carbocycles. The van der Waals surface area contributed by atoms with Crippen molar-refractivity contribution >= 4 is 6.09 Å². The van der Waals surface area contributed by atoms with E-state index in [9.17, 15) is 14.3 Å². The van der Waals surface area contributed by atoms with Crippen molar-refractivity contribution in [1.82, 2.24) is 9.88 Å². The van der Waals surface area contributed by atoms with Gasteiger partial charge in [-0.2, -0.15) is 0 Å². The summed E-state index contributed by atoms with van der Waals surface area (Å²) in [6.45, 7) is 5.61. The van der Waals surface area contributed by atoms with Gasteiger partial charge in [0.05, 0.1) is 25.0 Å². The highest BCUT2D eigenvalue weighted by Gasteiger charge is 2.47. The number of carbonyl (C=O) groups excluding carboxylic acids is 1. The molecular weight excluding hydrogens is 339 g/mol. The maximum absolute atomic E-state index is 12.9. The lowest BCUT2D eigenvalue weighted by molar-refractivity contribution is -0.106. The number of rotatable bonds is 3. The third kappa shape index (κ3) is 4.11. The molecule has 0 aliphatic carbocycles. The lowest BCUT2D eigenvalue weighted by atomic mass is 9.90. The van der Waals surface area contributed by atoms with Gasteiger partial charge < -0.3 is 19.5 Å². The molecule has 7 heteroatoms. The van der Waals surface area contributed by atoms with Crippen LogP contribution in [0.3, 0.4) is 0 Å². The first-order valence-corrected chi connectivity index (χ1v) is 8.25. The Bertz CT molecular complexity index is 779. The maximum atomic E-state index is 12.9. The molecule has 6 nitrogen and oxygen atoms in total. The van der Waals surface area contributed by atoms with E-state index in [4.69, 9.17) is 9.47 Å². The van der Waals surface area contributed by atoms with Crippen molar-refractivity contribution in [2.75, 3.05) is 13.1 Å². The maximum Gasteiger partial charge on any atom is 0.410 e. The third-order valence-electron chi connectivity index (χ3n) is 3.82. The summed E-state index contributed by atoms with van der Waals surface area (Å²) >= 11 is 0. The van der Waals surface area contributed by atoms with Crippen molar-refractivity contribution in [3.63, 3.8) is 0 Å². The van der Waals surface area contributed by atoms with Crippen LogP contribution in [-0.4, -0.2) is 39.8 Å². The monoisotopic (exact) mass is 360 g/mol. The van der Waals surface area contributed by atoms with Gasteiger partial charge in [0.1, 0.15) is 28.5 Å². The van der Waals surface area contributed by atoms with E-state index in [1.54, 1.807) is 32.9 Å². The predicted molar refractivity (Wildman–Crippen MR) is 92.4 cm³/mol. The van der Waals surface area contributed by atoms with Crippen molar-refractivity contribution in [3.8, 4) is 11.5 Å². The number of β-amino-alcohol motifs (C(OH)–C–C–N with tert-alkyl or cyclic N) is 1. The molecular formula is C19H21FN2O4. The predicted octanol–water partition coefficient (Wildman–Crippen LogP) is 3.45. The summed E-state index contributed by atoms with van der Waals surface area (Å²) in [5.41, 5.74) is -1.34. The number of amides is 1. The van der Waals surface area contributed by atoms with Crippen molar-refractivity contribution in [1.29, 1.82) is 0 Å². The van der Waals surface area contributed by atoms with Gasteiger partial charge >= 0.3 is 6.09 Å². The molecule has 1 saturated heterocycles. The van der Waals surface area contributed by atoms with Crippen LogP contribution in [0, 0.1) is 5.82 Å². The molecule has 0 bridgehead atoms. The molecule has 3 rings (SSSR count). The number of pyridine rings is 1. The summed E-state index contributed by atoms with van der Waals surface area (Å²) in [6, 6.07) is 8.95. The molecule has 138 valence electrons. The van der Waals surface area contributed by atoms with Crippen LogP contribution < -0.4 is 4.74 Å². The second kappa shape index (κ2) is 6.57. The first-order chi connectivity index (χ1) is 12.1. The van der Waals surface area contributed by atoms with E-state index in [0.29, 0.717) is 17.2 Å². The molecule has 1 amide bonds. The highest BCUT2D eigenvalue weighted by Crippen LogP contribution is 2.32. The normalized spacial score (nSPS) is 16.0. The number of hydrogen-bond donors (Lipinski definition) is 1. The summed E-state index contributed by atoms with van der Waals surface area (Å²) in [4.78, 5) is 17.6. The van der Waals surface area contributed by atoms with Crippen LogP contribution in [0.5, 0.6) is 11.5 Å². The molecule has 0 atom stereocenters. The number of aliphatic hydroxyl groups is 1. The Labute approximate surface area is 151 Å². The van der Waals surface area contributed by atoms with E-state index in [1.165, 1.54) is 35.4 Å². The molecule has 2 heterocycles. The van der Waals surface area contributed by atoms with E-state index in [2.05, 4.69) is 4.98 Å². The van der Waals surface area contributed by atoms with Gasteiger partial charge in [0, 0.05) is 0 Å². The van der Waals surface area contributed by atoms with Gasteiger partial charge in [-0.05, 0) is 57.2 Å². The fourth-order valence-corrected chi connectivity index (χ4v) is 2.56. The minimum Gasteiger partial charge on any atom is -0.456 e. The average Bonchev–Trinajstić information content (AvgIpc) is 2.53. The standard InChI is InChI=1S/C19H21FN2O4/c1-18(2,3)26-17(23)22-11-19(24,12-22)16-9-8-15(10-21-16)25-14-6-4-13(20)5-7-14/h4-10,24H,11-12H2,1-3H3. The minimum absolute atomic E-state index is 0.118. The lowest BCUT2D eigenvalue weighted by Crippen LogP contribution is -2.62. The Balaban J connectivity index is 1.60. The highest BCUT2D eigenvalue weighted by atomic mass is 19.1. The summed E-state index contributed by atoms with van der Waals surface area (Å²) in [5, 5.41) is 10.6. The van der Waals surface area contributed by atoms with Crippen LogP contribution in [0.4, 0.5) is 9.18 Å². The van der Waals surface area contributed by atoms with Gasteiger partial charge in [-0.1, -0.05) is 0 Å². The molecule has 1 fully saturated rings. The summed E-state index contributed by atoms with van der Waals surface area (Å²) < 4.78 is 23.7. The zero-order chi connectivity index (χ0) is 18.9. The molecule has 1 aromatic heterocycles. The molecule has 1 N–H and O–H groups in total. The van der Waals surface area contributed by atoms with Gasteiger partial charge in [-0.3, -0.25) is 4.98 Å². The second-order valence-electron chi connectivity index (χ2n) is 7.30. The summed E-state index contributed by atoms with van der Waals surface area (Å²) in [5.74, 6) is 0.610. The molecule has 1 aromatic carbocycles. The molecule has 0 radical (unpaired) electrons. The summed E-state index contributed by atoms with van der Waals surface area (Å²) in [6.07, 6.45) is 1.02. The van der Waals surface area contributed by atoms with Crippen molar-refractivity contribution in [2.45, 2.75) is 32.0 Å². The third-order valence-corrected chi connectivity index (χ3v) is 3.82. The number of aromatic nitrogens is 1. The fourth-order valence-electron chi connectivity index (χ4n) is 2.56. The Hall–Kier alpha value is -2.67. The van der Waals surface area contributed by atoms with Crippen LogP contribution in [0.15, 0.2) is 42.6 Å². The molecule has 26 heavy (non-hydrogen) atoms. The molecule has 0 unspecified atom stereocenters. The smallest absolute Gasteiger partial charge is 0.410 e. The number of halogens is 1. The van der Waals surface area contributed by atoms with Crippen LogP contribution in [-0.2, 0) is 10.3 Å².